The van der Waals surface area contributed by atoms with E-state index in [-0.39, 0.29) is 5.91 Å². The van der Waals surface area contributed by atoms with Crippen molar-refractivity contribution in [1.29, 1.82) is 0 Å². The van der Waals surface area contributed by atoms with Crippen molar-refractivity contribution in [3.05, 3.63) is 28.2 Å². The van der Waals surface area contributed by atoms with Gasteiger partial charge in [-0.1, -0.05) is 11.6 Å². The number of piperidine rings is 1. The minimum atomic E-state index is -0.252. The zero-order valence-corrected chi connectivity index (χ0v) is 12.6. The molecule has 0 bridgehead atoms. The Balaban J connectivity index is 1.71. The molecule has 1 fully saturated rings. The van der Waals surface area contributed by atoms with E-state index in [2.05, 4.69) is 4.90 Å². The van der Waals surface area contributed by atoms with Crippen LogP contribution in [-0.2, 0) is 4.79 Å². The Bertz CT molecular complexity index is 634. The standard InChI is InChI=1S/C14H16ClN3OS/c15-10-1-2-12-11(7-10)17-14(20-12)9-3-5-18(6-4-9)8-13(16)19/h1-2,7,9H,3-6,8H2,(H2,16,19). The summed E-state index contributed by atoms with van der Waals surface area (Å²) in [6.45, 7) is 2.18. The van der Waals surface area contributed by atoms with Crippen LogP contribution in [0.2, 0.25) is 5.02 Å². The van der Waals surface area contributed by atoms with E-state index in [0.717, 1.165) is 36.5 Å². The maximum atomic E-state index is 10.9. The van der Waals surface area contributed by atoms with Gasteiger partial charge in [0.25, 0.3) is 0 Å². The molecule has 6 heteroatoms. The fourth-order valence-electron chi connectivity index (χ4n) is 2.65. The Morgan fingerprint density at radius 1 is 1.45 bits per heavy atom. The maximum Gasteiger partial charge on any atom is 0.231 e. The normalized spacial score (nSPS) is 17.6. The van der Waals surface area contributed by atoms with Crippen molar-refractivity contribution in [3.8, 4) is 0 Å². The molecule has 2 heterocycles. The number of primary amides is 1. The van der Waals surface area contributed by atoms with Crippen molar-refractivity contribution >= 4 is 39.1 Å². The number of nitrogens with zero attached hydrogens (tertiary/aromatic N) is 2. The summed E-state index contributed by atoms with van der Waals surface area (Å²) in [5.74, 6) is 0.230. The second kappa shape index (κ2) is 5.68. The zero-order valence-electron chi connectivity index (χ0n) is 11.0. The SMILES string of the molecule is NC(=O)CN1CCC(c2nc3cc(Cl)ccc3s2)CC1. The van der Waals surface area contributed by atoms with Crippen LogP contribution in [0.4, 0.5) is 0 Å². The summed E-state index contributed by atoms with van der Waals surface area (Å²) in [4.78, 5) is 17.7. The van der Waals surface area contributed by atoms with Gasteiger partial charge in [0, 0.05) is 10.9 Å². The van der Waals surface area contributed by atoms with E-state index >= 15 is 0 Å². The first-order valence-corrected chi connectivity index (χ1v) is 7.88. The van der Waals surface area contributed by atoms with Gasteiger partial charge in [0.15, 0.2) is 0 Å². The highest BCUT2D eigenvalue weighted by Gasteiger charge is 2.23. The van der Waals surface area contributed by atoms with E-state index in [4.69, 9.17) is 22.3 Å². The van der Waals surface area contributed by atoms with Gasteiger partial charge in [-0.25, -0.2) is 4.98 Å². The monoisotopic (exact) mass is 309 g/mol. The maximum absolute atomic E-state index is 10.9. The van der Waals surface area contributed by atoms with E-state index in [1.807, 2.05) is 18.2 Å². The highest BCUT2D eigenvalue weighted by atomic mass is 35.5. The molecule has 0 radical (unpaired) electrons. The van der Waals surface area contributed by atoms with Gasteiger partial charge >= 0.3 is 0 Å². The lowest BCUT2D eigenvalue weighted by atomic mass is 9.97. The highest BCUT2D eigenvalue weighted by molar-refractivity contribution is 7.18. The number of likely N-dealkylation sites (tertiary alicyclic amines) is 1. The molecule has 3 rings (SSSR count). The van der Waals surface area contributed by atoms with Crippen molar-refractivity contribution in [2.24, 2.45) is 5.73 Å². The number of halogens is 1. The number of rotatable bonds is 3. The lowest BCUT2D eigenvalue weighted by molar-refractivity contribution is -0.119. The van der Waals surface area contributed by atoms with Crippen LogP contribution in [-0.4, -0.2) is 35.4 Å². The first-order valence-electron chi connectivity index (χ1n) is 6.68. The molecule has 2 N–H and O–H groups in total. The van der Waals surface area contributed by atoms with Crippen LogP contribution >= 0.6 is 22.9 Å². The third-order valence-electron chi connectivity index (χ3n) is 3.68. The zero-order chi connectivity index (χ0) is 14.1. The minimum absolute atomic E-state index is 0.252. The molecule has 0 saturated carbocycles. The smallest absolute Gasteiger partial charge is 0.231 e. The van der Waals surface area contributed by atoms with Crippen molar-refractivity contribution in [3.63, 3.8) is 0 Å². The lowest BCUT2D eigenvalue weighted by Gasteiger charge is -2.29. The van der Waals surface area contributed by atoms with Crippen LogP contribution in [0.3, 0.4) is 0 Å². The molecule has 4 nitrogen and oxygen atoms in total. The Morgan fingerprint density at radius 2 is 2.20 bits per heavy atom. The molecule has 1 saturated heterocycles. The molecule has 1 aliphatic heterocycles. The molecule has 106 valence electrons. The fourth-order valence-corrected chi connectivity index (χ4v) is 3.93. The quantitative estimate of drug-likeness (QED) is 0.948. The number of nitrogens with two attached hydrogens (primary N) is 1. The Hall–Kier alpha value is -1.17. The summed E-state index contributed by atoms with van der Waals surface area (Å²) < 4.78 is 1.18. The molecule has 0 atom stereocenters. The molecule has 20 heavy (non-hydrogen) atoms. The van der Waals surface area contributed by atoms with Gasteiger partial charge in [-0.3, -0.25) is 9.69 Å². The molecular formula is C14H16ClN3OS. The van der Waals surface area contributed by atoms with Gasteiger partial charge in [0.1, 0.15) is 0 Å². The van der Waals surface area contributed by atoms with Gasteiger partial charge in [0.2, 0.25) is 5.91 Å². The summed E-state index contributed by atoms with van der Waals surface area (Å²) >= 11 is 7.74. The predicted octanol–water partition coefficient (Wildman–Crippen LogP) is 2.61. The molecule has 1 amide bonds. The van der Waals surface area contributed by atoms with E-state index in [1.54, 1.807) is 11.3 Å². The van der Waals surface area contributed by atoms with Gasteiger partial charge < -0.3 is 5.73 Å². The van der Waals surface area contributed by atoms with Crippen molar-refractivity contribution in [2.45, 2.75) is 18.8 Å². The number of aromatic nitrogens is 1. The van der Waals surface area contributed by atoms with Crippen molar-refractivity contribution in [2.75, 3.05) is 19.6 Å². The summed E-state index contributed by atoms with van der Waals surface area (Å²) in [6, 6.07) is 5.85. The molecular weight excluding hydrogens is 294 g/mol. The number of amides is 1. The van der Waals surface area contributed by atoms with Crippen molar-refractivity contribution in [1.82, 2.24) is 9.88 Å². The van der Waals surface area contributed by atoms with Crippen LogP contribution in [0, 0.1) is 0 Å². The van der Waals surface area contributed by atoms with E-state index in [9.17, 15) is 4.79 Å². The Labute approximate surface area is 126 Å². The van der Waals surface area contributed by atoms with E-state index < -0.39 is 0 Å². The Morgan fingerprint density at radius 3 is 2.90 bits per heavy atom. The molecule has 0 aliphatic carbocycles. The number of thiazole rings is 1. The number of hydrogen-bond donors (Lipinski definition) is 1. The molecule has 1 aromatic heterocycles. The van der Waals surface area contributed by atoms with Crippen molar-refractivity contribution < 1.29 is 4.79 Å². The Kier molecular flexibility index (Phi) is 3.92. The number of fused-ring (bicyclic) bond motifs is 1. The van der Waals surface area contributed by atoms with Gasteiger partial charge in [-0.05, 0) is 44.1 Å². The second-order valence-corrected chi connectivity index (χ2v) is 6.68. The lowest BCUT2D eigenvalue weighted by Crippen LogP contribution is -2.39. The first kappa shape index (κ1) is 13.8. The number of carbonyl (C=O) groups is 1. The van der Waals surface area contributed by atoms with Gasteiger partial charge in [0.05, 0.1) is 21.8 Å². The van der Waals surface area contributed by atoms with Gasteiger partial charge in [-0.15, -0.1) is 11.3 Å². The minimum Gasteiger partial charge on any atom is -0.369 e. The summed E-state index contributed by atoms with van der Waals surface area (Å²) in [5.41, 5.74) is 6.21. The van der Waals surface area contributed by atoms with Crippen LogP contribution < -0.4 is 5.73 Å². The third kappa shape index (κ3) is 2.95. The largest absolute Gasteiger partial charge is 0.369 e. The molecule has 1 aromatic carbocycles. The fraction of sp³-hybridized carbons (Fsp3) is 0.429. The summed E-state index contributed by atoms with van der Waals surface area (Å²) in [6.07, 6.45) is 2.06. The number of hydrogen-bond acceptors (Lipinski definition) is 4. The second-order valence-electron chi connectivity index (χ2n) is 5.18. The third-order valence-corrected chi connectivity index (χ3v) is 5.12. The molecule has 0 unspecified atom stereocenters. The van der Waals surface area contributed by atoms with Crippen LogP contribution in [0.1, 0.15) is 23.8 Å². The van der Waals surface area contributed by atoms with Gasteiger partial charge in [-0.2, -0.15) is 0 Å². The van der Waals surface area contributed by atoms with Crippen LogP contribution in [0.15, 0.2) is 18.2 Å². The number of benzene rings is 1. The molecule has 1 aliphatic rings. The summed E-state index contributed by atoms with van der Waals surface area (Å²) in [5, 5.41) is 1.91. The van der Waals surface area contributed by atoms with Crippen LogP contribution in [0.25, 0.3) is 10.2 Å². The predicted molar refractivity (Wildman–Crippen MR) is 82.2 cm³/mol. The summed E-state index contributed by atoms with van der Waals surface area (Å²) in [7, 11) is 0. The van der Waals surface area contributed by atoms with E-state index in [1.165, 1.54) is 9.71 Å². The van der Waals surface area contributed by atoms with Crippen LogP contribution in [0.5, 0.6) is 0 Å². The first-order chi connectivity index (χ1) is 9.61. The molecule has 2 aromatic rings. The highest BCUT2D eigenvalue weighted by Crippen LogP contribution is 2.34. The average molecular weight is 310 g/mol. The average Bonchev–Trinajstić information content (AvgIpc) is 2.81. The molecule has 0 spiro atoms. The number of carbonyl (C=O) groups excluding carboxylic acids is 1. The topological polar surface area (TPSA) is 59.2 Å². The van der Waals surface area contributed by atoms with E-state index in [0.29, 0.717) is 12.5 Å².